The Balaban J connectivity index is 2.07. The molecule has 1 aromatic rings. The highest BCUT2D eigenvalue weighted by atomic mass is 35.5. The Morgan fingerprint density at radius 1 is 1.35 bits per heavy atom. The fourth-order valence-electron chi connectivity index (χ4n) is 2.61. The van der Waals surface area contributed by atoms with Crippen molar-refractivity contribution in [2.24, 2.45) is 11.8 Å². The minimum absolute atomic E-state index is 0.0731. The molecule has 1 aliphatic rings. The quantitative estimate of drug-likeness (QED) is 0.873. The molecule has 2 atom stereocenters. The van der Waals surface area contributed by atoms with Crippen molar-refractivity contribution in [2.45, 2.75) is 24.2 Å². The number of halogens is 2. The van der Waals surface area contributed by atoms with Crippen molar-refractivity contribution in [3.8, 4) is 0 Å². The molecule has 0 bridgehead atoms. The van der Waals surface area contributed by atoms with E-state index in [1.165, 1.54) is 0 Å². The molecule has 2 unspecified atom stereocenters. The smallest absolute Gasteiger partial charge is 0.242 e. The van der Waals surface area contributed by atoms with Crippen LogP contribution < -0.4 is 4.72 Å². The number of hydrogen-bond acceptors (Lipinski definition) is 3. The van der Waals surface area contributed by atoms with Gasteiger partial charge in [0.2, 0.25) is 10.0 Å². The Bertz CT molecular complexity index is 579. The summed E-state index contributed by atoms with van der Waals surface area (Å²) in [6.45, 7) is 0.338. The first-order chi connectivity index (χ1) is 9.44. The lowest BCUT2D eigenvalue weighted by Crippen LogP contribution is -2.31. The minimum Gasteiger partial charge on any atom is -0.396 e. The predicted octanol–water partition coefficient (Wildman–Crippen LogP) is 2.17. The average molecular weight is 322 g/mol. The van der Waals surface area contributed by atoms with Crippen molar-refractivity contribution in [3.05, 3.63) is 29.0 Å². The molecule has 1 aliphatic carbocycles. The van der Waals surface area contributed by atoms with Gasteiger partial charge in [-0.25, -0.2) is 17.5 Å². The molecule has 1 aromatic carbocycles. The summed E-state index contributed by atoms with van der Waals surface area (Å²) in [5.41, 5.74) is 0. The molecule has 0 heterocycles. The molecule has 1 saturated carbocycles. The maximum absolute atomic E-state index is 12.9. The van der Waals surface area contributed by atoms with E-state index < -0.39 is 15.8 Å². The molecule has 4 nitrogen and oxygen atoms in total. The third-order valence-electron chi connectivity index (χ3n) is 3.77. The fourth-order valence-corrected chi connectivity index (χ4v) is 4.23. The van der Waals surface area contributed by atoms with Crippen LogP contribution in [0.25, 0.3) is 0 Å². The number of nitrogens with one attached hydrogen (secondary N) is 1. The summed E-state index contributed by atoms with van der Waals surface area (Å²) in [5, 5.41) is 9.08. The second kappa shape index (κ2) is 6.39. The van der Waals surface area contributed by atoms with Crippen LogP contribution in [0.4, 0.5) is 4.39 Å². The average Bonchev–Trinajstić information content (AvgIpc) is 2.83. The summed E-state index contributed by atoms with van der Waals surface area (Å²) in [6, 6.07) is 3.19. The van der Waals surface area contributed by atoms with Crippen LogP contribution in [0.2, 0.25) is 5.02 Å². The summed E-state index contributed by atoms with van der Waals surface area (Å²) in [6.07, 6.45) is 2.81. The highest BCUT2D eigenvalue weighted by Gasteiger charge is 2.28. The van der Waals surface area contributed by atoms with Crippen molar-refractivity contribution in [1.82, 2.24) is 4.72 Å². The molecule has 0 aromatic heterocycles. The molecule has 7 heteroatoms. The minimum atomic E-state index is -3.76. The highest BCUT2D eigenvalue weighted by molar-refractivity contribution is 7.89. The van der Waals surface area contributed by atoms with Gasteiger partial charge >= 0.3 is 0 Å². The Labute approximate surface area is 123 Å². The van der Waals surface area contributed by atoms with Crippen LogP contribution in [0.3, 0.4) is 0 Å². The molecule has 0 radical (unpaired) electrons. The summed E-state index contributed by atoms with van der Waals surface area (Å²) in [5.74, 6) is -0.305. The number of sulfonamides is 1. The molecule has 0 aliphatic heterocycles. The molecule has 0 saturated heterocycles. The highest BCUT2D eigenvalue weighted by Crippen LogP contribution is 2.31. The summed E-state index contributed by atoms with van der Waals surface area (Å²) in [4.78, 5) is -0.126. The molecular formula is C13H17ClFNO3S. The predicted molar refractivity (Wildman–Crippen MR) is 74.5 cm³/mol. The Morgan fingerprint density at radius 2 is 2.05 bits per heavy atom. The Morgan fingerprint density at radius 3 is 2.70 bits per heavy atom. The first-order valence-corrected chi connectivity index (χ1v) is 8.35. The number of aliphatic hydroxyl groups is 1. The van der Waals surface area contributed by atoms with Crippen LogP contribution in [0.15, 0.2) is 23.1 Å². The van der Waals surface area contributed by atoms with Gasteiger partial charge in [-0.05, 0) is 42.9 Å². The molecule has 2 N–H and O–H groups in total. The second-order valence-electron chi connectivity index (χ2n) is 5.06. The summed E-state index contributed by atoms with van der Waals surface area (Å²) in [7, 11) is -3.76. The van der Waals surface area contributed by atoms with Gasteiger partial charge in [0.05, 0.1) is 5.02 Å². The van der Waals surface area contributed by atoms with Crippen molar-refractivity contribution >= 4 is 21.6 Å². The Hall–Kier alpha value is -0.690. The van der Waals surface area contributed by atoms with Gasteiger partial charge in [-0.3, -0.25) is 0 Å². The van der Waals surface area contributed by atoms with Crippen molar-refractivity contribution in [3.63, 3.8) is 0 Å². The Kier molecular flexibility index (Phi) is 5.01. The third-order valence-corrected chi connectivity index (χ3v) is 5.68. The lowest BCUT2D eigenvalue weighted by molar-refractivity contribution is 0.195. The van der Waals surface area contributed by atoms with E-state index in [2.05, 4.69) is 4.72 Å². The molecule has 0 spiro atoms. The van der Waals surface area contributed by atoms with Gasteiger partial charge in [-0.2, -0.15) is 0 Å². The van der Waals surface area contributed by atoms with Crippen LogP contribution in [-0.4, -0.2) is 26.7 Å². The van der Waals surface area contributed by atoms with Crippen molar-refractivity contribution in [2.75, 3.05) is 13.2 Å². The van der Waals surface area contributed by atoms with E-state index in [0.29, 0.717) is 0 Å². The van der Waals surface area contributed by atoms with Gasteiger partial charge in [-0.1, -0.05) is 18.0 Å². The van der Waals surface area contributed by atoms with E-state index in [1.807, 2.05) is 0 Å². The zero-order valence-electron chi connectivity index (χ0n) is 10.9. The fraction of sp³-hybridized carbons (Fsp3) is 0.538. The summed E-state index contributed by atoms with van der Waals surface area (Å²) < 4.78 is 39.7. The van der Waals surface area contributed by atoms with Gasteiger partial charge in [0, 0.05) is 13.2 Å². The van der Waals surface area contributed by atoms with Crippen LogP contribution in [0, 0.1) is 17.7 Å². The monoisotopic (exact) mass is 321 g/mol. The van der Waals surface area contributed by atoms with Gasteiger partial charge in [0.25, 0.3) is 0 Å². The standard InChI is InChI=1S/C13H17ClFNO3S/c14-12-6-11(15)4-5-13(12)20(18,19)16-7-9-2-1-3-10(9)8-17/h4-6,9-10,16-17H,1-3,7-8H2. The van der Waals surface area contributed by atoms with Gasteiger partial charge in [0.1, 0.15) is 10.7 Å². The molecule has 1 fully saturated rings. The topological polar surface area (TPSA) is 66.4 Å². The van der Waals surface area contributed by atoms with Gasteiger partial charge in [-0.15, -0.1) is 0 Å². The lowest BCUT2D eigenvalue weighted by atomic mass is 9.97. The molecule has 112 valence electrons. The molecular weight excluding hydrogens is 305 g/mol. The largest absolute Gasteiger partial charge is 0.396 e. The van der Waals surface area contributed by atoms with E-state index in [9.17, 15) is 17.9 Å². The van der Waals surface area contributed by atoms with E-state index in [-0.39, 0.29) is 34.9 Å². The van der Waals surface area contributed by atoms with E-state index >= 15 is 0 Å². The van der Waals surface area contributed by atoms with Crippen LogP contribution in [0.1, 0.15) is 19.3 Å². The number of aliphatic hydroxyl groups excluding tert-OH is 1. The zero-order valence-corrected chi connectivity index (χ0v) is 12.4. The second-order valence-corrected chi connectivity index (χ2v) is 7.20. The number of hydrogen-bond donors (Lipinski definition) is 2. The first-order valence-electron chi connectivity index (χ1n) is 6.49. The summed E-state index contributed by atoms with van der Waals surface area (Å²) >= 11 is 5.77. The van der Waals surface area contributed by atoms with Gasteiger partial charge in [0.15, 0.2) is 0 Å². The van der Waals surface area contributed by atoms with Crippen molar-refractivity contribution < 1.29 is 17.9 Å². The first kappa shape index (κ1) is 15.7. The maximum atomic E-state index is 12.9. The zero-order chi connectivity index (χ0) is 14.8. The molecule has 2 rings (SSSR count). The SMILES string of the molecule is O=S(=O)(NCC1CCCC1CO)c1ccc(F)cc1Cl. The lowest BCUT2D eigenvalue weighted by Gasteiger charge is -2.18. The normalized spacial score (nSPS) is 23.1. The van der Waals surface area contributed by atoms with Crippen LogP contribution >= 0.6 is 11.6 Å². The maximum Gasteiger partial charge on any atom is 0.242 e. The van der Waals surface area contributed by atoms with E-state index in [1.54, 1.807) is 0 Å². The number of benzene rings is 1. The van der Waals surface area contributed by atoms with Crippen LogP contribution in [-0.2, 0) is 10.0 Å². The van der Waals surface area contributed by atoms with Crippen LogP contribution in [0.5, 0.6) is 0 Å². The van der Waals surface area contributed by atoms with Crippen molar-refractivity contribution in [1.29, 1.82) is 0 Å². The molecule has 0 amide bonds. The van der Waals surface area contributed by atoms with E-state index in [4.69, 9.17) is 11.6 Å². The number of rotatable bonds is 5. The molecule has 20 heavy (non-hydrogen) atoms. The van der Waals surface area contributed by atoms with E-state index in [0.717, 1.165) is 37.5 Å². The third kappa shape index (κ3) is 3.49. The van der Waals surface area contributed by atoms with Gasteiger partial charge < -0.3 is 5.11 Å².